The van der Waals surface area contributed by atoms with Gasteiger partial charge in [0.05, 0.1) is 18.4 Å². The third-order valence-electron chi connectivity index (χ3n) is 4.17. The van der Waals surface area contributed by atoms with E-state index < -0.39 is 0 Å². The summed E-state index contributed by atoms with van der Waals surface area (Å²) in [5.41, 5.74) is 2.87. The quantitative estimate of drug-likeness (QED) is 0.735. The van der Waals surface area contributed by atoms with Gasteiger partial charge in [-0.25, -0.2) is 4.68 Å². The molecule has 6 nitrogen and oxygen atoms in total. The SMILES string of the molecule is COCOc1ccc(-c2nnn(C)c2COC2CCCC2)cc1. The average molecular weight is 317 g/mol. The molecule has 1 heterocycles. The molecule has 1 fully saturated rings. The molecule has 0 N–H and O–H groups in total. The number of benzene rings is 1. The summed E-state index contributed by atoms with van der Waals surface area (Å²) in [6.07, 6.45) is 5.23. The van der Waals surface area contributed by atoms with Crippen LogP contribution in [0.3, 0.4) is 0 Å². The van der Waals surface area contributed by atoms with E-state index in [1.54, 1.807) is 11.8 Å². The third-order valence-corrected chi connectivity index (χ3v) is 4.17. The molecular formula is C17H23N3O3. The Labute approximate surface area is 136 Å². The van der Waals surface area contributed by atoms with Gasteiger partial charge in [0.1, 0.15) is 11.4 Å². The molecule has 1 aliphatic rings. The van der Waals surface area contributed by atoms with Crippen molar-refractivity contribution in [2.45, 2.75) is 38.4 Å². The van der Waals surface area contributed by atoms with E-state index in [0.717, 1.165) is 35.5 Å². The molecule has 0 unspecified atom stereocenters. The minimum atomic E-state index is 0.241. The van der Waals surface area contributed by atoms with Gasteiger partial charge in [-0.3, -0.25) is 0 Å². The highest BCUT2D eigenvalue weighted by molar-refractivity contribution is 5.62. The number of aryl methyl sites for hydroxylation is 1. The van der Waals surface area contributed by atoms with Crippen LogP contribution in [0.1, 0.15) is 31.4 Å². The van der Waals surface area contributed by atoms with Gasteiger partial charge in [-0.05, 0) is 37.1 Å². The summed E-state index contributed by atoms with van der Waals surface area (Å²) in [7, 11) is 3.50. The second kappa shape index (κ2) is 7.57. The molecule has 0 spiro atoms. The fourth-order valence-electron chi connectivity index (χ4n) is 2.85. The molecule has 0 aliphatic heterocycles. The largest absolute Gasteiger partial charge is 0.468 e. The Bertz CT molecular complexity index is 619. The number of aromatic nitrogens is 3. The summed E-state index contributed by atoms with van der Waals surface area (Å²) >= 11 is 0. The predicted molar refractivity (Wildman–Crippen MR) is 86.0 cm³/mol. The number of hydrogen-bond acceptors (Lipinski definition) is 5. The summed E-state index contributed by atoms with van der Waals surface area (Å²) in [5.74, 6) is 0.767. The van der Waals surface area contributed by atoms with Gasteiger partial charge in [0.15, 0.2) is 6.79 Å². The lowest BCUT2D eigenvalue weighted by Crippen LogP contribution is -2.10. The van der Waals surface area contributed by atoms with E-state index >= 15 is 0 Å². The summed E-state index contributed by atoms with van der Waals surface area (Å²) in [5, 5.41) is 8.44. The molecule has 1 aromatic carbocycles. The number of nitrogens with zero attached hydrogens (tertiary/aromatic N) is 3. The summed E-state index contributed by atoms with van der Waals surface area (Å²) in [4.78, 5) is 0. The van der Waals surface area contributed by atoms with E-state index in [2.05, 4.69) is 10.3 Å². The van der Waals surface area contributed by atoms with Crippen molar-refractivity contribution in [2.75, 3.05) is 13.9 Å². The lowest BCUT2D eigenvalue weighted by atomic mass is 10.1. The molecule has 23 heavy (non-hydrogen) atoms. The lowest BCUT2D eigenvalue weighted by molar-refractivity contribution is 0.0423. The highest BCUT2D eigenvalue weighted by Crippen LogP contribution is 2.26. The number of ether oxygens (including phenoxy) is 3. The van der Waals surface area contributed by atoms with Gasteiger partial charge < -0.3 is 14.2 Å². The maximum Gasteiger partial charge on any atom is 0.188 e. The van der Waals surface area contributed by atoms with Crippen molar-refractivity contribution in [3.05, 3.63) is 30.0 Å². The number of hydrogen-bond donors (Lipinski definition) is 0. The molecule has 2 aromatic rings. The Morgan fingerprint density at radius 3 is 2.61 bits per heavy atom. The minimum Gasteiger partial charge on any atom is -0.468 e. The van der Waals surface area contributed by atoms with Crippen LogP contribution in [-0.2, 0) is 23.1 Å². The molecule has 3 rings (SSSR count). The van der Waals surface area contributed by atoms with Crippen LogP contribution in [-0.4, -0.2) is 35.0 Å². The Morgan fingerprint density at radius 1 is 1.17 bits per heavy atom. The highest BCUT2D eigenvalue weighted by atomic mass is 16.7. The molecule has 0 radical (unpaired) electrons. The third kappa shape index (κ3) is 3.89. The van der Waals surface area contributed by atoms with E-state index in [1.807, 2.05) is 31.3 Å². The maximum atomic E-state index is 6.03. The molecular weight excluding hydrogens is 294 g/mol. The van der Waals surface area contributed by atoms with E-state index in [4.69, 9.17) is 14.2 Å². The van der Waals surface area contributed by atoms with Crippen LogP contribution in [0.15, 0.2) is 24.3 Å². The van der Waals surface area contributed by atoms with Crippen LogP contribution >= 0.6 is 0 Å². The minimum absolute atomic E-state index is 0.241. The van der Waals surface area contributed by atoms with Gasteiger partial charge >= 0.3 is 0 Å². The van der Waals surface area contributed by atoms with E-state index in [-0.39, 0.29) is 6.79 Å². The molecule has 0 bridgehead atoms. The fraction of sp³-hybridized carbons (Fsp3) is 0.529. The molecule has 124 valence electrons. The first-order valence-corrected chi connectivity index (χ1v) is 8.00. The Balaban J connectivity index is 1.71. The zero-order valence-corrected chi connectivity index (χ0v) is 13.7. The van der Waals surface area contributed by atoms with E-state index in [9.17, 15) is 0 Å². The van der Waals surface area contributed by atoms with E-state index in [1.165, 1.54) is 12.8 Å². The van der Waals surface area contributed by atoms with Gasteiger partial charge in [-0.15, -0.1) is 5.10 Å². The Kier molecular flexibility index (Phi) is 5.25. The van der Waals surface area contributed by atoms with Crippen LogP contribution in [0.4, 0.5) is 0 Å². The average Bonchev–Trinajstić information content (AvgIpc) is 3.21. The summed E-state index contributed by atoms with van der Waals surface area (Å²) in [6, 6.07) is 7.78. The van der Waals surface area contributed by atoms with Crippen molar-refractivity contribution >= 4 is 0 Å². The highest BCUT2D eigenvalue weighted by Gasteiger charge is 2.18. The first-order chi connectivity index (χ1) is 11.3. The lowest BCUT2D eigenvalue weighted by Gasteiger charge is -2.12. The van der Waals surface area contributed by atoms with Crippen molar-refractivity contribution in [1.82, 2.24) is 15.0 Å². The molecule has 0 atom stereocenters. The van der Waals surface area contributed by atoms with Gasteiger partial charge in [0.25, 0.3) is 0 Å². The van der Waals surface area contributed by atoms with Crippen LogP contribution in [0.25, 0.3) is 11.3 Å². The number of methoxy groups -OCH3 is 1. The maximum absolute atomic E-state index is 6.03. The molecule has 0 saturated heterocycles. The monoisotopic (exact) mass is 317 g/mol. The Morgan fingerprint density at radius 2 is 1.91 bits per heavy atom. The van der Waals surface area contributed by atoms with Gasteiger partial charge in [0, 0.05) is 19.7 Å². The van der Waals surface area contributed by atoms with E-state index in [0.29, 0.717) is 12.7 Å². The topological polar surface area (TPSA) is 58.4 Å². The summed E-state index contributed by atoms with van der Waals surface area (Å²) in [6.45, 7) is 0.788. The van der Waals surface area contributed by atoms with Crippen LogP contribution in [0.2, 0.25) is 0 Å². The smallest absolute Gasteiger partial charge is 0.188 e. The number of rotatable bonds is 7. The summed E-state index contributed by atoms with van der Waals surface area (Å²) < 4.78 is 18.1. The zero-order valence-electron chi connectivity index (χ0n) is 13.7. The zero-order chi connectivity index (χ0) is 16.1. The van der Waals surface area contributed by atoms with Gasteiger partial charge in [0.2, 0.25) is 0 Å². The van der Waals surface area contributed by atoms with Gasteiger partial charge in [-0.2, -0.15) is 0 Å². The second-order valence-electron chi connectivity index (χ2n) is 5.80. The van der Waals surface area contributed by atoms with Crippen molar-refractivity contribution in [1.29, 1.82) is 0 Å². The first kappa shape index (κ1) is 16.0. The second-order valence-corrected chi connectivity index (χ2v) is 5.80. The normalized spacial score (nSPS) is 15.2. The first-order valence-electron chi connectivity index (χ1n) is 8.00. The fourth-order valence-corrected chi connectivity index (χ4v) is 2.85. The van der Waals surface area contributed by atoms with Crippen LogP contribution in [0, 0.1) is 0 Å². The Hall–Kier alpha value is -1.92. The molecule has 1 saturated carbocycles. The molecule has 6 heteroatoms. The standard InChI is InChI=1S/C17H23N3O3/c1-20-16(11-22-14-5-3-4-6-14)17(18-19-20)13-7-9-15(10-8-13)23-12-21-2/h7-10,14H,3-6,11-12H2,1-2H3. The predicted octanol–water partition coefficient (Wildman–Crippen LogP) is 2.92. The molecule has 1 aromatic heterocycles. The van der Waals surface area contributed by atoms with Crippen molar-refractivity contribution in [3.63, 3.8) is 0 Å². The van der Waals surface area contributed by atoms with Crippen molar-refractivity contribution < 1.29 is 14.2 Å². The van der Waals surface area contributed by atoms with Crippen LogP contribution < -0.4 is 4.74 Å². The van der Waals surface area contributed by atoms with Gasteiger partial charge in [-0.1, -0.05) is 18.1 Å². The van der Waals surface area contributed by atoms with Crippen LogP contribution in [0.5, 0.6) is 5.75 Å². The van der Waals surface area contributed by atoms with Crippen molar-refractivity contribution in [3.8, 4) is 17.0 Å². The van der Waals surface area contributed by atoms with Crippen molar-refractivity contribution in [2.24, 2.45) is 7.05 Å². The molecule has 1 aliphatic carbocycles. The molecule has 0 amide bonds.